The SMILES string of the molecule is CCOC(=O)[C@H]1O[C@@H]1C(=O)N[C@@H](CCSC)C(=O)NCCc1cccc(F)c1. The molecular weight excluding hydrogens is 387 g/mol. The lowest BCUT2D eigenvalue weighted by Crippen LogP contribution is -2.49. The second-order valence-corrected chi connectivity index (χ2v) is 7.23. The molecule has 1 fully saturated rings. The minimum Gasteiger partial charge on any atom is -0.464 e. The van der Waals surface area contributed by atoms with Crippen molar-refractivity contribution in [1.29, 1.82) is 0 Å². The molecule has 0 aliphatic carbocycles. The summed E-state index contributed by atoms with van der Waals surface area (Å²) in [4.78, 5) is 36.3. The van der Waals surface area contributed by atoms with Crippen molar-refractivity contribution in [1.82, 2.24) is 10.6 Å². The van der Waals surface area contributed by atoms with Crippen LogP contribution in [0.2, 0.25) is 0 Å². The first kappa shape index (κ1) is 22.2. The fourth-order valence-electron chi connectivity index (χ4n) is 2.62. The van der Waals surface area contributed by atoms with Gasteiger partial charge in [-0.05, 0) is 49.5 Å². The van der Waals surface area contributed by atoms with Crippen LogP contribution in [-0.2, 0) is 30.3 Å². The Balaban J connectivity index is 1.83. The lowest BCUT2D eigenvalue weighted by atomic mass is 10.1. The number of epoxide rings is 1. The maximum atomic E-state index is 13.2. The van der Waals surface area contributed by atoms with Gasteiger partial charge in [-0.15, -0.1) is 0 Å². The molecule has 0 spiro atoms. The topological polar surface area (TPSA) is 97.0 Å². The monoisotopic (exact) mass is 412 g/mol. The van der Waals surface area contributed by atoms with Crippen LogP contribution in [0.25, 0.3) is 0 Å². The zero-order valence-electron chi connectivity index (χ0n) is 15.9. The third-order valence-electron chi connectivity index (χ3n) is 4.11. The Hall–Kier alpha value is -2.13. The van der Waals surface area contributed by atoms with Gasteiger partial charge in [0.25, 0.3) is 5.91 Å². The number of nitrogens with one attached hydrogen (secondary N) is 2. The number of rotatable bonds is 11. The highest BCUT2D eigenvalue weighted by atomic mass is 32.2. The van der Waals surface area contributed by atoms with Gasteiger partial charge in [0.1, 0.15) is 11.9 Å². The molecule has 3 atom stereocenters. The van der Waals surface area contributed by atoms with Crippen LogP contribution < -0.4 is 10.6 Å². The molecule has 0 aromatic heterocycles. The van der Waals surface area contributed by atoms with E-state index in [1.165, 1.54) is 12.1 Å². The average molecular weight is 412 g/mol. The number of benzene rings is 1. The van der Waals surface area contributed by atoms with Gasteiger partial charge in [0.05, 0.1) is 6.61 Å². The average Bonchev–Trinajstić information content (AvgIpc) is 3.46. The Morgan fingerprint density at radius 1 is 1.32 bits per heavy atom. The smallest absolute Gasteiger partial charge is 0.338 e. The summed E-state index contributed by atoms with van der Waals surface area (Å²) < 4.78 is 23.1. The highest BCUT2D eigenvalue weighted by Crippen LogP contribution is 2.24. The number of hydrogen-bond acceptors (Lipinski definition) is 6. The fraction of sp³-hybridized carbons (Fsp3) is 0.526. The second-order valence-electron chi connectivity index (χ2n) is 6.24. The van der Waals surface area contributed by atoms with Crippen molar-refractivity contribution >= 4 is 29.5 Å². The number of carbonyl (C=O) groups is 3. The fourth-order valence-corrected chi connectivity index (χ4v) is 3.09. The number of ether oxygens (including phenoxy) is 2. The zero-order valence-corrected chi connectivity index (χ0v) is 16.7. The highest BCUT2D eigenvalue weighted by Gasteiger charge is 2.52. The van der Waals surface area contributed by atoms with Gasteiger partial charge < -0.3 is 20.1 Å². The molecule has 2 rings (SSSR count). The van der Waals surface area contributed by atoms with E-state index in [0.29, 0.717) is 25.1 Å². The van der Waals surface area contributed by atoms with Crippen molar-refractivity contribution < 1.29 is 28.2 Å². The molecule has 0 saturated carbocycles. The van der Waals surface area contributed by atoms with Crippen molar-refractivity contribution in [2.45, 2.75) is 38.0 Å². The van der Waals surface area contributed by atoms with E-state index in [1.807, 2.05) is 6.26 Å². The van der Waals surface area contributed by atoms with Crippen molar-refractivity contribution in [3.8, 4) is 0 Å². The molecule has 1 aliphatic heterocycles. The van der Waals surface area contributed by atoms with E-state index in [-0.39, 0.29) is 18.3 Å². The van der Waals surface area contributed by atoms with Crippen LogP contribution in [0, 0.1) is 5.82 Å². The van der Waals surface area contributed by atoms with Crippen molar-refractivity contribution in [2.75, 3.05) is 25.2 Å². The maximum Gasteiger partial charge on any atom is 0.338 e. The number of hydrogen-bond donors (Lipinski definition) is 2. The van der Waals surface area contributed by atoms with Crippen LogP contribution in [-0.4, -0.2) is 61.2 Å². The molecule has 1 heterocycles. The second kappa shape index (κ2) is 11.0. The van der Waals surface area contributed by atoms with Gasteiger partial charge in [0, 0.05) is 6.54 Å². The number of esters is 1. The van der Waals surface area contributed by atoms with E-state index >= 15 is 0 Å². The third-order valence-corrected chi connectivity index (χ3v) is 4.76. The zero-order chi connectivity index (χ0) is 20.5. The van der Waals surface area contributed by atoms with E-state index in [9.17, 15) is 18.8 Å². The van der Waals surface area contributed by atoms with Crippen LogP contribution in [0.15, 0.2) is 24.3 Å². The first-order valence-corrected chi connectivity index (χ1v) is 10.5. The predicted octanol–water partition coefficient (Wildman–Crippen LogP) is 1.05. The van der Waals surface area contributed by atoms with E-state index < -0.39 is 30.1 Å². The molecule has 9 heteroatoms. The summed E-state index contributed by atoms with van der Waals surface area (Å²) in [5, 5.41) is 5.40. The van der Waals surface area contributed by atoms with E-state index in [4.69, 9.17) is 9.47 Å². The van der Waals surface area contributed by atoms with Gasteiger partial charge in [0.2, 0.25) is 5.91 Å². The van der Waals surface area contributed by atoms with Crippen LogP contribution >= 0.6 is 11.8 Å². The quantitative estimate of drug-likeness (QED) is 0.417. The van der Waals surface area contributed by atoms with Gasteiger partial charge in [-0.1, -0.05) is 12.1 Å². The van der Waals surface area contributed by atoms with Gasteiger partial charge in [0.15, 0.2) is 12.2 Å². The Morgan fingerprint density at radius 2 is 2.11 bits per heavy atom. The Kier molecular flexibility index (Phi) is 8.72. The molecule has 1 saturated heterocycles. The first-order chi connectivity index (χ1) is 13.5. The highest BCUT2D eigenvalue weighted by molar-refractivity contribution is 7.98. The molecule has 0 unspecified atom stereocenters. The van der Waals surface area contributed by atoms with E-state index in [2.05, 4.69) is 10.6 Å². The summed E-state index contributed by atoms with van der Waals surface area (Å²) in [6.07, 6.45) is 0.994. The number of thioether (sulfide) groups is 1. The van der Waals surface area contributed by atoms with Gasteiger partial charge in [-0.3, -0.25) is 9.59 Å². The largest absolute Gasteiger partial charge is 0.464 e. The summed E-state index contributed by atoms with van der Waals surface area (Å²) in [5.74, 6) is -1.07. The molecule has 1 aromatic rings. The summed E-state index contributed by atoms with van der Waals surface area (Å²) in [6.45, 7) is 2.19. The van der Waals surface area contributed by atoms with Gasteiger partial charge >= 0.3 is 5.97 Å². The molecule has 1 aliphatic rings. The molecule has 28 heavy (non-hydrogen) atoms. The molecule has 0 radical (unpaired) electrons. The standard InChI is InChI=1S/C19H25FN2O5S/c1-3-26-19(25)16-15(27-16)18(24)22-14(8-10-28-2)17(23)21-9-7-12-5-4-6-13(20)11-12/h4-6,11,14-16H,3,7-10H2,1-2H3,(H,21,23)(H,22,24)/t14-,15-,16-/m0/s1. The van der Waals surface area contributed by atoms with Crippen LogP contribution in [0.4, 0.5) is 4.39 Å². The van der Waals surface area contributed by atoms with Crippen LogP contribution in [0.3, 0.4) is 0 Å². The molecule has 1 aromatic carbocycles. The summed E-state index contributed by atoms with van der Waals surface area (Å²) in [7, 11) is 0. The number of carbonyl (C=O) groups excluding carboxylic acids is 3. The van der Waals surface area contributed by atoms with Crippen molar-refractivity contribution in [3.63, 3.8) is 0 Å². The van der Waals surface area contributed by atoms with E-state index in [1.54, 1.807) is 30.8 Å². The minimum atomic E-state index is -0.920. The third kappa shape index (κ3) is 6.79. The van der Waals surface area contributed by atoms with Gasteiger partial charge in [-0.2, -0.15) is 11.8 Å². The number of halogens is 1. The Morgan fingerprint density at radius 3 is 2.79 bits per heavy atom. The summed E-state index contributed by atoms with van der Waals surface area (Å²) in [5.41, 5.74) is 0.772. The molecular formula is C19H25FN2O5S. The summed E-state index contributed by atoms with van der Waals surface area (Å²) in [6, 6.07) is 5.43. The first-order valence-electron chi connectivity index (χ1n) is 9.09. The lowest BCUT2D eigenvalue weighted by molar-refractivity contribution is -0.144. The minimum absolute atomic E-state index is 0.205. The predicted molar refractivity (Wildman–Crippen MR) is 103 cm³/mol. The number of amides is 2. The van der Waals surface area contributed by atoms with Gasteiger partial charge in [-0.25, -0.2) is 9.18 Å². The lowest BCUT2D eigenvalue weighted by Gasteiger charge is -2.17. The van der Waals surface area contributed by atoms with Crippen molar-refractivity contribution in [2.24, 2.45) is 0 Å². The molecule has 7 nitrogen and oxygen atoms in total. The van der Waals surface area contributed by atoms with E-state index in [0.717, 1.165) is 5.56 Å². The Bertz CT molecular complexity index is 703. The van der Waals surface area contributed by atoms with Crippen LogP contribution in [0.1, 0.15) is 18.9 Å². The molecule has 154 valence electrons. The molecule has 2 amide bonds. The molecule has 0 bridgehead atoms. The summed E-state index contributed by atoms with van der Waals surface area (Å²) >= 11 is 1.55. The van der Waals surface area contributed by atoms with Crippen molar-refractivity contribution in [3.05, 3.63) is 35.6 Å². The van der Waals surface area contributed by atoms with Crippen LogP contribution in [0.5, 0.6) is 0 Å². The molecule has 2 N–H and O–H groups in total. The Labute approximate surface area is 167 Å². The normalized spacial score (nSPS) is 18.8. The maximum absolute atomic E-state index is 13.2.